The molecule has 1 aliphatic rings. The summed E-state index contributed by atoms with van der Waals surface area (Å²) in [7, 11) is 1.25. The average molecular weight is 365 g/mol. The first-order valence-electron chi connectivity index (χ1n) is 8.10. The van der Waals surface area contributed by atoms with Crippen LogP contribution in [0.3, 0.4) is 0 Å². The Labute approximate surface area is 148 Å². The predicted molar refractivity (Wildman–Crippen MR) is 88.7 cm³/mol. The highest BCUT2D eigenvalue weighted by atomic mass is 19.4. The van der Waals surface area contributed by atoms with Crippen LogP contribution in [0.4, 0.5) is 13.2 Å². The third-order valence-electron chi connectivity index (χ3n) is 4.10. The van der Waals surface area contributed by atoms with Gasteiger partial charge in [0.1, 0.15) is 5.69 Å². The molecule has 0 aliphatic heterocycles. The van der Waals surface area contributed by atoms with Crippen LogP contribution in [0.25, 0.3) is 5.57 Å². The number of amides is 1. The number of hydrogen-bond donors (Lipinski definition) is 1. The summed E-state index contributed by atoms with van der Waals surface area (Å²) in [6.07, 6.45) is 5.08. The SMILES string of the molecule is Cn1nc(C2=CC=C(C(=O)NCCCn3ccnc3)C2)cc1C(F)(F)F. The number of aryl methyl sites for hydroxylation is 2. The van der Waals surface area contributed by atoms with E-state index in [1.807, 2.05) is 10.8 Å². The quantitative estimate of drug-likeness (QED) is 0.800. The molecule has 0 saturated carbocycles. The van der Waals surface area contributed by atoms with Crippen LogP contribution in [0.1, 0.15) is 24.2 Å². The van der Waals surface area contributed by atoms with Crippen molar-refractivity contribution in [1.29, 1.82) is 0 Å². The summed E-state index contributed by atoms with van der Waals surface area (Å²) in [6.45, 7) is 1.25. The van der Waals surface area contributed by atoms with Crippen molar-refractivity contribution in [3.05, 3.63) is 53.9 Å². The Morgan fingerprint density at radius 2 is 2.15 bits per heavy atom. The molecule has 2 heterocycles. The summed E-state index contributed by atoms with van der Waals surface area (Å²) >= 11 is 0. The van der Waals surface area contributed by atoms with Gasteiger partial charge in [-0.3, -0.25) is 9.48 Å². The molecule has 9 heteroatoms. The molecule has 3 rings (SSSR count). The van der Waals surface area contributed by atoms with E-state index in [1.165, 1.54) is 7.05 Å². The molecule has 0 spiro atoms. The Morgan fingerprint density at radius 1 is 1.35 bits per heavy atom. The van der Waals surface area contributed by atoms with E-state index < -0.39 is 11.9 Å². The summed E-state index contributed by atoms with van der Waals surface area (Å²) in [5, 5.41) is 6.73. The van der Waals surface area contributed by atoms with E-state index in [-0.39, 0.29) is 18.0 Å². The van der Waals surface area contributed by atoms with Gasteiger partial charge in [-0.05, 0) is 18.1 Å². The van der Waals surface area contributed by atoms with E-state index in [0.717, 1.165) is 23.7 Å². The topological polar surface area (TPSA) is 64.7 Å². The van der Waals surface area contributed by atoms with Gasteiger partial charge in [-0.2, -0.15) is 18.3 Å². The summed E-state index contributed by atoms with van der Waals surface area (Å²) in [5.41, 5.74) is 0.534. The lowest BCUT2D eigenvalue weighted by Crippen LogP contribution is -2.26. The van der Waals surface area contributed by atoms with E-state index in [4.69, 9.17) is 0 Å². The van der Waals surface area contributed by atoms with Crippen LogP contribution in [0.5, 0.6) is 0 Å². The van der Waals surface area contributed by atoms with Crippen LogP contribution in [-0.2, 0) is 24.6 Å². The highest BCUT2D eigenvalue weighted by Crippen LogP contribution is 2.33. The third-order valence-corrected chi connectivity index (χ3v) is 4.10. The molecule has 0 unspecified atom stereocenters. The molecule has 2 aromatic rings. The van der Waals surface area contributed by atoms with Gasteiger partial charge >= 0.3 is 6.18 Å². The smallest absolute Gasteiger partial charge is 0.352 e. The largest absolute Gasteiger partial charge is 0.433 e. The standard InChI is InChI=1S/C17H18F3N5O/c1-24-15(17(18,19)20)10-14(23-24)12-3-4-13(9-12)16(26)22-5-2-7-25-8-6-21-11-25/h3-4,6,8,10-11H,2,5,7,9H2,1H3,(H,22,26). The second-order valence-corrected chi connectivity index (χ2v) is 6.01. The van der Waals surface area contributed by atoms with Crippen LogP contribution in [0, 0.1) is 0 Å². The molecule has 26 heavy (non-hydrogen) atoms. The molecular weight excluding hydrogens is 347 g/mol. The molecule has 1 N–H and O–H groups in total. The number of halogens is 3. The number of carbonyl (C=O) groups excluding carboxylic acids is 1. The van der Waals surface area contributed by atoms with Crippen molar-refractivity contribution in [2.45, 2.75) is 25.6 Å². The van der Waals surface area contributed by atoms with E-state index in [1.54, 1.807) is 24.7 Å². The second kappa shape index (κ2) is 7.19. The Balaban J connectivity index is 1.50. The lowest BCUT2D eigenvalue weighted by molar-refractivity contribution is -0.143. The monoisotopic (exact) mass is 365 g/mol. The normalized spacial score (nSPS) is 14.3. The first kappa shape index (κ1) is 18.0. The van der Waals surface area contributed by atoms with Gasteiger partial charge in [-0.15, -0.1) is 0 Å². The van der Waals surface area contributed by atoms with Crippen LogP contribution in [-0.4, -0.2) is 31.8 Å². The number of nitrogens with one attached hydrogen (secondary N) is 1. The molecule has 0 saturated heterocycles. The van der Waals surface area contributed by atoms with Gasteiger partial charge in [0, 0.05) is 44.5 Å². The highest BCUT2D eigenvalue weighted by molar-refractivity contribution is 5.98. The van der Waals surface area contributed by atoms with Gasteiger partial charge in [-0.1, -0.05) is 12.2 Å². The summed E-state index contributed by atoms with van der Waals surface area (Å²) in [4.78, 5) is 16.1. The highest BCUT2D eigenvalue weighted by Gasteiger charge is 2.35. The van der Waals surface area contributed by atoms with Gasteiger partial charge in [0.2, 0.25) is 5.91 Å². The maximum atomic E-state index is 12.9. The van der Waals surface area contributed by atoms with Crippen molar-refractivity contribution in [2.24, 2.45) is 7.05 Å². The fourth-order valence-electron chi connectivity index (χ4n) is 2.74. The zero-order chi connectivity index (χ0) is 18.7. The lowest BCUT2D eigenvalue weighted by atomic mass is 10.1. The lowest BCUT2D eigenvalue weighted by Gasteiger charge is -2.07. The number of nitrogens with zero attached hydrogens (tertiary/aromatic N) is 4. The maximum Gasteiger partial charge on any atom is 0.433 e. The van der Waals surface area contributed by atoms with E-state index in [9.17, 15) is 18.0 Å². The minimum Gasteiger partial charge on any atom is -0.352 e. The molecule has 0 bridgehead atoms. The van der Waals surface area contributed by atoms with Gasteiger partial charge in [-0.25, -0.2) is 4.98 Å². The van der Waals surface area contributed by atoms with Crippen molar-refractivity contribution in [1.82, 2.24) is 24.6 Å². The van der Waals surface area contributed by atoms with Crippen molar-refractivity contribution in [3.63, 3.8) is 0 Å². The van der Waals surface area contributed by atoms with Gasteiger partial charge in [0.05, 0.1) is 12.0 Å². The number of allylic oxidation sites excluding steroid dienone is 3. The van der Waals surface area contributed by atoms with Gasteiger partial charge in [0.15, 0.2) is 0 Å². The molecule has 138 valence electrons. The molecule has 6 nitrogen and oxygen atoms in total. The second-order valence-electron chi connectivity index (χ2n) is 6.01. The molecule has 1 aliphatic carbocycles. The molecule has 1 amide bonds. The molecule has 0 fully saturated rings. The van der Waals surface area contributed by atoms with Crippen LogP contribution in [0.2, 0.25) is 0 Å². The number of carbonyl (C=O) groups is 1. The fourth-order valence-corrected chi connectivity index (χ4v) is 2.74. The molecule has 2 aromatic heterocycles. The molecule has 0 radical (unpaired) electrons. The van der Waals surface area contributed by atoms with Crippen molar-refractivity contribution in [3.8, 4) is 0 Å². The number of hydrogen-bond acceptors (Lipinski definition) is 3. The molecule has 0 aromatic carbocycles. The van der Waals surface area contributed by atoms with Crippen LogP contribution >= 0.6 is 0 Å². The summed E-state index contributed by atoms with van der Waals surface area (Å²) in [6, 6.07) is 1.01. The maximum absolute atomic E-state index is 12.9. The Kier molecular flexibility index (Phi) is 4.97. The van der Waals surface area contributed by atoms with Crippen molar-refractivity contribution < 1.29 is 18.0 Å². The first-order chi connectivity index (χ1) is 12.3. The van der Waals surface area contributed by atoms with Crippen molar-refractivity contribution in [2.75, 3.05) is 6.54 Å². The third kappa shape index (κ3) is 4.04. The zero-order valence-corrected chi connectivity index (χ0v) is 14.1. The summed E-state index contributed by atoms with van der Waals surface area (Å²) in [5.74, 6) is -0.214. The predicted octanol–water partition coefficient (Wildman–Crippen LogP) is 2.56. The number of aromatic nitrogens is 4. The number of imidazole rings is 1. The number of alkyl halides is 3. The zero-order valence-electron chi connectivity index (χ0n) is 14.1. The molecule has 0 atom stereocenters. The van der Waals surface area contributed by atoms with E-state index in [2.05, 4.69) is 15.4 Å². The van der Waals surface area contributed by atoms with E-state index in [0.29, 0.717) is 17.7 Å². The minimum atomic E-state index is -4.46. The average Bonchev–Trinajstić information content (AvgIpc) is 3.30. The van der Waals surface area contributed by atoms with Crippen LogP contribution < -0.4 is 5.32 Å². The summed E-state index contributed by atoms with van der Waals surface area (Å²) < 4.78 is 41.3. The van der Waals surface area contributed by atoms with E-state index >= 15 is 0 Å². The van der Waals surface area contributed by atoms with Crippen LogP contribution in [0.15, 0.2) is 42.5 Å². The fraction of sp³-hybridized carbons (Fsp3) is 0.353. The first-order valence-corrected chi connectivity index (χ1v) is 8.10. The van der Waals surface area contributed by atoms with Gasteiger partial charge < -0.3 is 9.88 Å². The Bertz CT molecular complexity index is 846. The van der Waals surface area contributed by atoms with Gasteiger partial charge in [0.25, 0.3) is 0 Å². The minimum absolute atomic E-state index is 0.214. The Morgan fingerprint density at radius 3 is 2.81 bits per heavy atom. The van der Waals surface area contributed by atoms with Crippen molar-refractivity contribution >= 4 is 11.5 Å². The molecular formula is C17H18F3N5O. The Hall–Kier alpha value is -2.84. The number of rotatable bonds is 6.